The monoisotopic (exact) mass is 574 g/mol. The largest absolute Gasteiger partial charge is 0.463 e. The summed E-state index contributed by atoms with van der Waals surface area (Å²) in [4.78, 5) is 47.3. The van der Waals surface area contributed by atoms with Gasteiger partial charge in [0.15, 0.2) is 29.7 Å². The Morgan fingerprint density at radius 1 is 0.750 bits per heavy atom. The summed E-state index contributed by atoms with van der Waals surface area (Å²) in [6.45, 7) is 4.29. The fourth-order valence-corrected chi connectivity index (χ4v) is 4.11. The van der Waals surface area contributed by atoms with Gasteiger partial charge in [0, 0.05) is 33.4 Å². The van der Waals surface area contributed by atoms with Crippen molar-refractivity contribution in [3.05, 3.63) is 54.6 Å². The van der Waals surface area contributed by atoms with Crippen LogP contribution in [0.25, 0.3) is 0 Å². The van der Waals surface area contributed by atoms with Gasteiger partial charge in [-0.2, -0.15) is 0 Å². The second kappa shape index (κ2) is 14.2. The van der Waals surface area contributed by atoms with Crippen molar-refractivity contribution in [1.82, 2.24) is 5.32 Å². The summed E-state index contributed by atoms with van der Waals surface area (Å²) in [5.41, 5.74) is 0.601. The van der Waals surface area contributed by atoms with Crippen LogP contribution in [-0.2, 0) is 42.9 Å². The molecule has 1 aliphatic rings. The van der Waals surface area contributed by atoms with Gasteiger partial charge in [-0.3, -0.25) is 19.2 Å². The standard InChI is InChI=1S/C27H30N2O10S/c1-15(30)34-14-22-23(35-16(2)31)24(36-17(3)32)25(37-18(4)33)26(39-22)29-27(40)28-19-10-12-21(13-11-19)38-20-8-6-5-7-9-20/h5-13,22-26H,14H2,1-4H3,(H2,28,29,40)/t22-,23+,24-,25-,26+/m0/s1. The van der Waals surface area contributed by atoms with Crippen molar-refractivity contribution in [3.8, 4) is 11.5 Å². The summed E-state index contributed by atoms with van der Waals surface area (Å²) in [5.74, 6) is -1.49. The van der Waals surface area contributed by atoms with Gasteiger partial charge in [-0.1, -0.05) is 18.2 Å². The third kappa shape index (κ3) is 9.20. The molecule has 5 atom stereocenters. The minimum Gasteiger partial charge on any atom is -0.463 e. The number of carbonyl (C=O) groups is 4. The Morgan fingerprint density at radius 3 is 1.88 bits per heavy atom. The van der Waals surface area contributed by atoms with E-state index in [4.69, 9.17) is 40.6 Å². The van der Waals surface area contributed by atoms with E-state index in [2.05, 4.69) is 10.6 Å². The molecule has 0 unspecified atom stereocenters. The first-order chi connectivity index (χ1) is 19.0. The number of ether oxygens (including phenoxy) is 6. The first-order valence-corrected chi connectivity index (χ1v) is 12.6. The molecular weight excluding hydrogens is 544 g/mol. The molecule has 0 aliphatic carbocycles. The van der Waals surface area contributed by atoms with Gasteiger partial charge in [0.05, 0.1) is 0 Å². The van der Waals surface area contributed by atoms with Gasteiger partial charge in [0.1, 0.15) is 24.2 Å². The molecule has 0 radical (unpaired) electrons. The molecule has 2 N–H and O–H groups in total. The molecule has 12 nitrogen and oxygen atoms in total. The number of nitrogens with one attached hydrogen (secondary N) is 2. The molecule has 0 aromatic heterocycles. The van der Waals surface area contributed by atoms with Gasteiger partial charge in [-0.05, 0) is 48.6 Å². The molecule has 0 spiro atoms. The molecule has 2 aromatic carbocycles. The summed E-state index contributed by atoms with van der Waals surface area (Å²) in [6.07, 6.45) is -6.16. The SMILES string of the molecule is CC(=O)OC[C@@H]1O[C@@H](NC(=S)Nc2ccc(Oc3ccccc3)cc2)[C@@H](OC(C)=O)[C@@H](OC(C)=O)[C@@H]1OC(C)=O. The summed E-state index contributed by atoms with van der Waals surface area (Å²) in [5, 5.41) is 5.94. The molecular formula is C27H30N2O10S. The summed E-state index contributed by atoms with van der Waals surface area (Å²) >= 11 is 5.44. The lowest BCUT2D eigenvalue weighted by molar-refractivity contribution is -0.254. The van der Waals surface area contributed by atoms with Crippen molar-refractivity contribution in [2.24, 2.45) is 0 Å². The number of anilines is 1. The van der Waals surface area contributed by atoms with E-state index >= 15 is 0 Å². The van der Waals surface area contributed by atoms with Crippen LogP contribution in [0.3, 0.4) is 0 Å². The number of para-hydroxylation sites is 1. The minimum atomic E-state index is -1.31. The van der Waals surface area contributed by atoms with Crippen LogP contribution < -0.4 is 15.4 Å². The van der Waals surface area contributed by atoms with Gasteiger partial charge in [0.2, 0.25) is 0 Å². The fourth-order valence-electron chi connectivity index (χ4n) is 3.87. The van der Waals surface area contributed by atoms with Crippen molar-refractivity contribution >= 4 is 46.9 Å². The maximum absolute atomic E-state index is 12.0. The Kier molecular flexibility index (Phi) is 10.8. The van der Waals surface area contributed by atoms with Gasteiger partial charge in [-0.15, -0.1) is 0 Å². The number of carbonyl (C=O) groups excluding carboxylic acids is 4. The lowest BCUT2D eigenvalue weighted by Gasteiger charge is -2.44. The average molecular weight is 575 g/mol. The molecule has 0 saturated carbocycles. The molecule has 13 heteroatoms. The number of hydrogen-bond acceptors (Lipinski definition) is 11. The number of rotatable bonds is 9. The highest BCUT2D eigenvalue weighted by Crippen LogP contribution is 2.29. The van der Waals surface area contributed by atoms with E-state index in [0.717, 1.165) is 20.8 Å². The number of benzene rings is 2. The molecule has 1 saturated heterocycles. The Hall–Kier alpha value is -4.23. The van der Waals surface area contributed by atoms with Crippen LogP contribution in [0.15, 0.2) is 54.6 Å². The van der Waals surface area contributed by atoms with Crippen LogP contribution in [0.4, 0.5) is 5.69 Å². The highest BCUT2D eigenvalue weighted by Gasteiger charge is 2.52. The van der Waals surface area contributed by atoms with E-state index < -0.39 is 54.5 Å². The van der Waals surface area contributed by atoms with E-state index in [9.17, 15) is 19.2 Å². The molecule has 0 bridgehead atoms. The maximum Gasteiger partial charge on any atom is 0.303 e. The maximum atomic E-state index is 12.0. The average Bonchev–Trinajstić information content (AvgIpc) is 2.87. The van der Waals surface area contributed by atoms with Crippen LogP contribution in [0, 0.1) is 0 Å². The second-order valence-electron chi connectivity index (χ2n) is 8.66. The normalized spacial score (nSPS) is 21.8. The molecule has 214 valence electrons. The summed E-state index contributed by atoms with van der Waals surface area (Å²) in [7, 11) is 0. The third-order valence-corrected chi connectivity index (χ3v) is 5.58. The zero-order valence-corrected chi connectivity index (χ0v) is 23.1. The van der Waals surface area contributed by atoms with E-state index in [1.807, 2.05) is 30.3 Å². The number of hydrogen-bond donors (Lipinski definition) is 2. The van der Waals surface area contributed by atoms with E-state index in [-0.39, 0.29) is 11.7 Å². The van der Waals surface area contributed by atoms with Crippen molar-refractivity contribution in [3.63, 3.8) is 0 Å². The molecule has 2 aromatic rings. The van der Waals surface area contributed by atoms with Gasteiger partial charge >= 0.3 is 23.9 Å². The second-order valence-corrected chi connectivity index (χ2v) is 9.07. The summed E-state index contributed by atoms with van der Waals surface area (Å²) < 4.78 is 33.0. The molecule has 1 heterocycles. The van der Waals surface area contributed by atoms with Gasteiger partial charge in [-0.25, -0.2) is 0 Å². The first kappa shape index (κ1) is 30.3. The van der Waals surface area contributed by atoms with Crippen molar-refractivity contribution in [2.45, 2.75) is 58.3 Å². The predicted molar refractivity (Wildman–Crippen MR) is 144 cm³/mol. The lowest BCUT2D eigenvalue weighted by atomic mass is 9.97. The Bertz CT molecular complexity index is 1210. The topological polar surface area (TPSA) is 148 Å². The third-order valence-electron chi connectivity index (χ3n) is 5.36. The fraction of sp³-hybridized carbons (Fsp3) is 0.370. The Morgan fingerprint density at radius 2 is 1.30 bits per heavy atom. The van der Waals surface area contributed by atoms with E-state index in [1.54, 1.807) is 24.3 Å². The first-order valence-electron chi connectivity index (χ1n) is 12.2. The van der Waals surface area contributed by atoms with E-state index in [1.165, 1.54) is 6.92 Å². The van der Waals surface area contributed by atoms with Crippen LogP contribution in [0.2, 0.25) is 0 Å². The zero-order valence-electron chi connectivity index (χ0n) is 22.3. The van der Waals surface area contributed by atoms with Crippen molar-refractivity contribution < 1.29 is 47.6 Å². The van der Waals surface area contributed by atoms with Gasteiger partial charge < -0.3 is 39.1 Å². The van der Waals surface area contributed by atoms with Crippen LogP contribution in [0.5, 0.6) is 11.5 Å². The Labute approximate surface area is 236 Å². The van der Waals surface area contributed by atoms with Crippen LogP contribution in [0.1, 0.15) is 27.7 Å². The number of esters is 4. The quantitative estimate of drug-likeness (QED) is 0.257. The van der Waals surface area contributed by atoms with Crippen LogP contribution >= 0.6 is 12.2 Å². The van der Waals surface area contributed by atoms with E-state index in [0.29, 0.717) is 17.2 Å². The molecule has 0 amide bonds. The smallest absolute Gasteiger partial charge is 0.303 e. The lowest BCUT2D eigenvalue weighted by Crippen LogP contribution is -2.66. The Balaban J connectivity index is 1.79. The van der Waals surface area contributed by atoms with Crippen molar-refractivity contribution in [2.75, 3.05) is 11.9 Å². The molecule has 40 heavy (non-hydrogen) atoms. The minimum absolute atomic E-state index is 0.0672. The molecule has 1 aliphatic heterocycles. The molecule has 3 rings (SSSR count). The summed E-state index contributed by atoms with van der Waals surface area (Å²) in [6, 6.07) is 16.2. The van der Waals surface area contributed by atoms with Crippen molar-refractivity contribution in [1.29, 1.82) is 0 Å². The van der Waals surface area contributed by atoms with Gasteiger partial charge in [0.25, 0.3) is 0 Å². The zero-order chi connectivity index (χ0) is 29.2. The van der Waals surface area contributed by atoms with Crippen LogP contribution in [-0.4, -0.2) is 66.2 Å². The highest BCUT2D eigenvalue weighted by atomic mass is 32.1. The predicted octanol–water partition coefficient (Wildman–Crippen LogP) is 2.85. The highest BCUT2D eigenvalue weighted by molar-refractivity contribution is 7.80. The number of thiocarbonyl (C=S) groups is 1. The molecule has 1 fully saturated rings.